The number of para-hydroxylation sites is 2. The number of nitrogens with one attached hydrogen (secondary N) is 1. The molecule has 25 heavy (non-hydrogen) atoms. The highest BCUT2D eigenvalue weighted by atomic mass is 16.5. The molecule has 6 nitrogen and oxygen atoms in total. The van der Waals surface area contributed by atoms with Crippen LogP contribution in [0.5, 0.6) is 5.75 Å². The van der Waals surface area contributed by atoms with E-state index in [1.165, 1.54) is 26.4 Å². The van der Waals surface area contributed by atoms with E-state index in [1.54, 1.807) is 42.5 Å². The monoisotopic (exact) mass is 336 g/mol. The van der Waals surface area contributed by atoms with Gasteiger partial charge in [-0.3, -0.25) is 4.79 Å². The number of carbonyl (C=O) groups excluding carboxylic acids is 2. The topological polar surface area (TPSA) is 88.4 Å². The SMILES string of the molecule is COC(=O)c1ccccc1NC(=O)/C(C#N)=C/c1ccccc1OC. The molecule has 0 unspecified atom stereocenters. The van der Waals surface area contributed by atoms with Crippen LogP contribution in [0.4, 0.5) is 5.69 Å². The highest BCUT2D eigenvalue weighted by Gasteiger charge is 2.16. The number of carbonyl (C=O) groups is 2. The van der Waals surface area contributed by atoms with Crippen molar-refractivity contribution in [1.82, 2.24) is 0 Å². The van der Waals surface area contributed by atoms with E-state index < -0.39 is 11.9 Å². The Kier molecular flexibility index (Phi) is 5.91. The molecule has 2 rings (SSSR count). The Balaban J connectivity index is 2.32. The van der Waals surface area contributed by atoms with E-state index in [9.17, 15) is 14.9 Å². The van der Waals surface area contributed by atoms with Gasteiger partial charge in [0, 0.05) is 5.56 Å². The van der Waals surface area contributed by atoms with Crippen LogP contribution in [0.1, 0.15) is 15.9 Å². The average molecular weight is 336 g/mol. The summed E-state index contributed by atoms with van der Waals surface area (Å²) in [5, 5.41) is 11.9. The van der Waals surface area contributed by atoms with Crippen molar-refractivity contribution in [1.29, 1.82) is 5.26 Å². The zero-order valence-electron chi connectivity index (χ0n) is 13.8. The van der Waals surface area contributed by atoms with Crippen molar-refractivity contribution in [3.8, 4) is 11.8 Å². The molecule has 0 saturated carbocycles. The largest absolute Gasteiger partial charge is 0.496 e. The fourth-order valence-electron chi connectivity index (χ4n) is 2.16. The summed E-state index contributed by atoms with van der Waals surface area (Å²) in [7, 11) is 2.76. The second-order valence-corrected chi connectivity index (χ2v) is 4.90. The maximum atomic E-state index is 12.4. The molecule has 0 spiro atoms. The van der Waals surface area contributed by atoms with Gasteiger partial charge >= 0.3 is 5.97 Å². The first kappa shape index (κ1) is 17.8. The number of nitrogens with zero attached hydrogens (tertiary/aromatic N) is 1. The van der Waals surface area contributed by atoms with E-state index in [2.05, 4.69) is 10.1 Å². The van der Waals surface area contributed by atoms with Crippen molar-refractivity contribution in [2.24, 2.45) is 0 Å². The molecule has 1 amide bonds. The van der Waals surface area contributed by atoms with Crippen molar-refractivity contribution in [2.75, 3.05) is 19.5 Å². The molecule has 0 fully saturated rings. The van der Waals surface area contributed by atoms with Gasteiger partial charge in [-0.25, -0.2) is 4.79 Å². The van der Waals surface area contributed by atoms with Gasteiger partial charge in [-0.1, -0.05) is 30.3 Å². The lowest BCUT2D eigenvalue weighted by molar-refractivity contribution is -0.112. The first-order chi connectivity index (χ1) is 12.1. The van der Waals surface area contributed by atoms with Crippen molar-refractivity contribution >= 4 is 23.6 Å². The zero-order valence-corrected chi connectivity index (χ0v) is 13.8. The lowest BCUT2D eigenvalue weighted by atomic mass is 10.1. The third-order valence-corrected chi connectivity index (χ3v) is 3.38. The Morgan fingerprint density at radius 1 is 1.08 bits per heavy atom. The molecule has 6 heteroatoms. The Labute approximate surface area is 145 Å². The number of hydrogen-bond donors (Lipinski definition) is 1. The molecule has 0 aliphatic heterocycles. The molecular formula is C19H16N2O4. The Hall–Kier alpha value is -3.59. The van der Waals surface area contributed by atoms with Crippen LogP contribution in [0.25, 0.3) is 6.08 Å². The lowest BCUT2D eigenvalue weighted by Gasteiger charge is -2.09. The molecular weight excluding hydrogens is 320 g/mol. The van der Waals surface area contributed by atoms with Gasteiger partial charge in [0.15, 0.2) is 0 Å². The smallest absolute Gasteiger partial charge is 0.339 e. The van der Waals surface area contributed by atoms with Crippen LogP contribution in [0, 0.1) is 11.3 Å². The fraction of sp³-hybridized carbons (Fsp3) is 0.105. The molecule has 0 aromatic heterocycles. The number of amides is 1. The van der Waals surface area contributed by atoms with E-state index in [0.717, 1.165) is 0 Å². The molecule has 2 aromatic carbocycles. The molecule has 0 heterocycles. The lowest BCUT2D eigenvalue weighted by Crippen LogP contribution is -2.16. The van der Waals surface area contributed by atoms with Crippen LogP contribution in [0.2, 0.25) is 0 Å². The van der Waals surface area contributed by atoms with Gasteiger partial charge in [0.25, 0.3) is 5.91 Å². The van der Waals surface area contributed by atoms with Crippen LogP contribution >= 0.6 is 0 Å². The fourth-order valence-corrected chi connectivity index (χ4v) is 2.16. The first-order valence-electron chi connectivity index (χ1n) is 7.34. The van der Waals surface area contributed by atoms with Crippen molar-refractivity contribution in [3.05, 3.63) is 65.2 Å². The summed E-state index contributed by atoms with van der Waals surface area (Å²) >= 11 is 0. The van der Waals surface area contributed by atoms with Gasteiger partial charge in [0.05, 0.1) is 25.5 Å². The van der Waals surface area contributed by atoms with Crippen LogP contribution < -0.4 is 10.1 Å². The summed E-state index contributed by atoms with van der Waals surface area (Å²) in [5.74, 6) is -0.675. The molecule has 1 N–H and O–H groups in total. The van der Waals surface area contributed by atoms with Crippen LogP contribution in [-0.4, -0.2) is 26.1 Å². The summed E-state index contributed by atoms with van der Waals surface area (Å²) in [6.07, 6.45) is 1.43. The molecule has 0 radical (unpaired) electrons. The number of hydrogen-bond acceptors (Lipinski definition) is 5. The second-order valence-electron chi connectivity index (χ2n) is 4.90. The minimum atomic E-state index is -0.634. The zero-order chi connectivity index (χ0) is 18.2. The summed E-state index contributed by atoms with van der Waals surface area (Å²) in [4.78, 5) is 24.2. The standard InChI is InChI=1S/C19H16N2O4/c1-24-17-10-6-3-7-13(17)11-14(12-20)18(22)21-16-9-5-4-8-15(16)19(23)25-2/h3-11H,1-2H3,(H,21,22)/b14-11+. The predicted molar refractivity (Wildman–Crippen MR) is 93.0 cm³/mol. The predicted octanol–water partition coefficient (Wildman–Crippen LogP) is 3.03. The van der Waals surface area contributed by atoms with Crippen molar-refractivity contribution < 1.29 is 19.1 Å². The van der Waals surface area contributed by atoms with Crippen LogP contribution in [-0.2, 0) is 9.53 Å². The molecule has 0 aliphatic carbocycles. The third kappa shape index (κ3) is 4.24. The average Bonchev–Trinajstić information content (AvgIpc) is 2.66. The summed E-state index contributed by atoms with van der Waals surface area (Å²) in [6.45, 7) is 0. The number of nitriles is 1. The maximum absolute atomic E-state index is 12.4. The molecule has 0 atom stereocenters. The molecule has 126 valence electrons. The van der Waals surface area contributed by atoms with E-state index in [-0.39, 0.29) is 16.8 Å². The number of benzene rings is 2. The number of esters is 1. The van der Waals surface area contributed by atoms with Gasteiger partial charge in [-0.2, -0.15) is 5.26 Å². The van der Waals surface area contributed by atoms with E-state index >= 15 is 0 Å². The van der Waals surface area contributed by atoms with Gasteiger partial charge in [-0.15, -0.1) is 0 Å². The minimum Gasteiger partial charge on any atom is -0.496 e. The summed E-state index contributed by atoms with van der Waals surface area (Å²) in [6, 6.07) is 15.3. The summed E-state index contributed by atoms with van der Waals surface area (Å²) < 4.78 is 9.89. The number of methoxy groups -OCH3 is 2. The van der Waals surface area contributed by atoms with Gasteiger partial charge in [0.1, 0.15) is 17.4 Å². The third-order valence-electron chi connectivity index (χ3n) is 3.38. The highest BCUT2D eigenvalue weighted by molar-refractivity contribution is 6.12. The molecule has 0 aliphatic rings. The van der Waals surface area contributed by atoms with Crippen molar-refractivity contribution in [2.45, 2.75) is 0 Å². The van der Waals surface area contributed by atoms with Crippen molar-refractivity contribution in [3.63, 3.8) is 0 Å². The van der Waals surface area contributed by atoms with Crippen LogP contribution in [0.15, 0.2) is 54.1 Å². The highest BCUT2D eigenvalue weighted by Crippen LogP contribution is 2.22. The Bertz CT molecular complexity index is 866. The van der Waals surface area contributed by atoms with E-state index in [4.69, 9.17) is 4.74 Å². The molecule has 2 aromatic rings. The van der Waals surface area contributed by atoms with E-state index in [1.807, 2.05) is 6.07 Å². The summed E-state index contributed by atoms with van der Waals surface area (Å²) in [5.41, 5.74) is 0.940. The molecule has 0 bridgehead atoms. The van der Waals surface area contributed by atoms with Crippen LogP contribution in [0.3, 0.4) is 0 Å². The number of anilines is 1. The van der Waals surface area contributed by atoms with E-state index in [0.29, 0.717) is 11.3 Å². The quantitative estimate of drug-likeness (QED) is 0.515. The number of rotatable bonds is 5. The second kappa shape index (κ2) is 8.31. The van der Waals surface area contributed by atoms with Gasteiger partial charge in [0.2, 0.25) is 0 Å². The molecule has 0 saturated heterocycles. The normalized spacial score (nSPS) is 10.5. The minimum absolute atomic E-state index is 0.121. The maximum Gasteiger partial charge on any atom is 0.339 e. The number of ether oxygens (including phenoxy) is 2. The Morgan fingerprint density at radius 2 is 1.76 bits per heavy atom. The van der Waals surface area contributed by atoms with Gasteiger partial charge < -0.3 is 14.8 Å². The van der Waals surface area contributed by atoms with Gasteiger partial charge in [-0.05, 0) is 24.3 Å². The first-order valence-corrected chi connectivity index (χ1v) is 7.34. The Morgan fingerprint density at radius 3 is 2.44 bits per heavy atom.